The number of anilines is 2. The maximum atomic E-state index is 14.2. The molecule has 0 radical (unpaired) electrons. The van der Waals surface area contributed by atoms with E-state index in [1.807, 2.05) is 67.6 Å². The van der Waals surface area contributed by atoms with Gasteiger partial charge in [0, 0.05) is 11.4 Å². The Labute approximate surface area is 277 Å². The summed E-state index contributed by atoms with van der Waals surface area (Å²) in [5.41, 5.74) is 3.98. The van der Waals surface area contributed by atoms with Crippen LogP contribution < -0.4 is 10.2 Å². The molecule has 48 heavy (non-hydrogen) atoms. The van der Waals surface area contributed by atoms with E-state index < -0.39 is 24.0 Å². The first-order chi connectivity index (χ1) is 23.3. The number of para-hydroxylation sites is 1. The normalized spacial score (nSPS) is 21.6. The number of benzene rings is 5. The first-order valence-electron chi connectivity index (χ1n) is 16.2. The number of allylic oxidation sites excluding steroid dienone is 1. The predicted octanol–water partition coefficient (Wildman–Crippen LogP) is 7.70. The summed E-state index contributed by atoms with van der Waals surface area (Å²) < 4.78 is 5.31. The lowest BCUT2D eigenvalue weighted by molar-refractivity contribution is -0.123. The average molecular weight is 636 g/mol. The highest BCUT2D eigenvalue weighted by Gasteiger charge is 2.57. The van der Waals surface area contributed by atoms with E-state index in [-0.39, 0.29) is 30.1 Å². The number of carbonyl (C=O) groups is 4. The number of amides is 4. The third-order valence-electron chi connectivity index (χ3n) is 10.1. The molecule has 2 heterocycles. The quantitative estimate of drug-likeness (QED) is 0.161. The number of nitrogens with zero attached hydrogens (tertiary/aromatic N) is 2. The van der Waals surface area contributed by atoms with Gasteiger partial charge in [-0.25, -0.2) is 9.69 Å². The van der Waals surface area contributed by atoms with Gasteiger partial charge in [0.05, 0.1) is 37.1 Å². The Hall–Kier alpha value is -5.76. The van der Waals surface area contributed by atoms with Crippen LogP contribution in [0.1, 0.15) is 36.9 Å². The van der Waals surface area contributed by atoms with Gasteiger partial charge in [0.1, 0.15) is 0 Å². The van der Waals surface area contributed by atoms with Gasteiger partial charge in [0.2, 0.25) is 17.7 Å². The molecule has 0 bridgehead atoms. The maximum absolute atomic E-state index is 14.2. The summed E-state index contributed by atoms with van der Waals surface area (Å²) >= 11 is 0. The largest absolute Gasteiger partial charge is 0.452 e. The molecule has 1 fully saturated rings. The van der Waals surface area contributed by atoms with E-state index in [9.17, 15) is 19.2 Å². The highest BCUT2D eigenvalue weighted by molar-refractivity contribution is 6.25. The first-order valence-corrected chi connectivity index (χ1v) is 16.2. The van der Waals surface area contributed by atoms with Crippen LogP contribution in [0.4, 0.5) is 16.2 Å². The number of methoxy groups -OCH3 is 1. The fraction of sp³-hybridized carbons (Fsp3) is 0.200. The summed E-state index contributed by atoms with van der Waals surface area (Å²) in [5, 5.41) is 7.39. The molecular formula is C40H33N3O5. The summed E-state index contributed by atoms with van der Waals surface area (Å²) in [4.78, 5) is 58.3. The van der Waals surface area contributed by atoms with E-state index in [4.69, 9.17) is 4.74 Å². The molecule has 8 nitrogen and oxygen atoms in total. The molecular weight excluding hydrogens is 602 g/mol. The number of rotatable bonds is 4. The minimum Gasteiger partial charge on any atom is -0.452 e. The smallest absolute Gasteiger partial charge is 0.414 e. The van der Waals surface area contributed by atoms with Crippen LogP contribution in [0.15, 0.2) is 115 Å². The van der Waals surface area contributed by atoms with Gasteiger partial charge in [-0.2, -0.15) is 0 Å². The molecule has 0 unspecified atom stereocenters. The van der Waals surface area contributed by atoms with Gasteiger partial charge in [-0.1, -0.05) is 79.7 Å². The molecule has 1 N–H and O–H groups in total. The molecule has 8 heteroatoms. The molecule has 4 amide bonds. The Bertz CT molecular complexity index is 2190. The lowest BCUT2D eigenvalue weighted by Gasteiger charge is -2.44. The topological polar surface area (TPSA) is 96.0 Å². The second-order valence-corrected chi connectivity index (χ2v) is 12.8. The van der Waals surface area contributed by atoms with Crippen molar-refractivity contribution in [3.05, 3.63) is 126 Å². The van der Waals surface area contributed by atoms with Crippen molar-refractivity contribution < 1.29 is 23.9 Å². The van der Waals surface area contributed by atoms with E-state index >= 15 is 0 Å². The van der Waals surface area contributed by atoms with Crippen LogP contribution in [0, 0.1) is 17.8 Å². The molecule has 4 atom stereocenters. The molecule has 2 aliphatic heterocycles. The number of imide groups is 1. The fourth-order valence-corrected chi connectivity index (χ4v) is 7.97. The minimum absolute atomic E-state index is 0.0376. The van der Waals surface area contributed by atoms with E-state index in [1.165, 1.54) is 12.0 Å². The zero-order valence-corrected chi connectivity index (χ0v) is 26.6. The minimum atomic E-state index is -0.770. The van der Waals surface area contributed by atoms with Gasteiger partial charge in [0.15, 0.2) is 0 Å². The Morgan fingerprint density at radius 2 is 1.46 bits per heavy atom. The van der Waals surface area contributed by atoms with Crippen LogP contribution in [0.5, 0.6) is 0 Å². The Kier molecular flexibility index (Phi) is 7.09. The van der Waals surface area contributed by atoms with Crippen LogP contribution >= 0.6 is 0 Å². The fourth-order valence-electron chi connectivity index (χ4n) is 7.97. The molecule has 238 valence electrons. The number of hydrogen-bond acceptors (Lipinski definition) is 5. The number of fused-ring (bicyclic) bond motifs is 6. The van der Waals surface area contributed by atoms with Gasteiger partial charge in [-0.15, -0.1) is 0 Å². The predicted molar refractivity (Wildman–Crippen MR) is 185 cm³/mol. The highest BCUT2D eigenvalue weighted by Crippen LogP contribution is 2.55. The monoisotopic (exact) mass is 635 g/mol. The molecule has 0 aromatic heterocycles. The SMILES string of the molecule is COC(=O)N1C2=C(c3ccccc3[C@@H]1CC(=O)Nc1ccc3cc4ccccc4cc3c1)[C@@H]1C(=O)N(c3ccccc3)C(=O)[C@@H]1[C@H](C)C2. The number of nitrogens with one attached hydrogen (secondary N) is 1. The standard InChI is InChI=1S/C40H33N3O5/c1-23-18-33-36(37-35(23)38(45)42(39(37)46)29-12-4-3-5-13-29)31-15-9-8-14-30(31)32(43(33)40(47)48-2)22-34(44)41-28-17-16-26-19-24-10-6-7-11-25(24)20-27(26)21-28/h3-17,19-21,23,32,35,37H,18,22H2,1-2H3,(H,41,44)/t23-,32+,35-,37-/m1/s1. The van der Waals surface area contributed by atoms with Crippen molar-refractivity contribution in [2.45, 2.75) is 25.8 Å². The summed E-state index contributed by atoms with van der Waals surface area (Å²) in [6, 6.07) is 34.1. The Balaban J connectivity index is 1.16. The number of hydrogen-bond donors (Lipinski definition) is 1. The molecule has 1 aliphatic carbocycles. The molecule has 1 saturated heterocycles. The van der Waals surface area contributed by atoms with Crippen LogP contribution in [0.2, 0.25) is 0 Å². The maximum Gasteiger partial charge on any atom is 0.414 e. The van der Waals surface area contributed by atoms with E-state index in [0.29, 0.717) is 29.1 Å². The third kappa shape index (κ3) is 4.67. The highest BCUT2D eigenvalue weighted by atomic mass is 16.5. The second kappa shape index (κ2) is 11.5. The summed E-state index contributed by atoms with van der Waals surface area (Å²) in [6.07, 6.45) is -0.280. The van der Waals surface area contributed by atoms with Crippen molar-refractivity contribution in [2.75, 3.05) is 17.3 Å². The van der Waals surface area contributed by atoms with Crippen molar-refractivity contribution in [1.29, 1.82) is 0 Å². The lowest BCUT2D eigenvalue weighted by Crippen LogP contribution is -2.44. The van der Waals surface area contributed by atoms with Crippen molar-refractivity contribution in [3.63, 3.8) is 0 Å². The van der Waals surface area contributed by atoms with Gasteiger partial charge in [-0.05, 0) is 87.0 Å². The van der Waals surface area contributed by atoms with Crippen molar-refractivity contribution in [1.82, 2.24) is 4.90 Å². The Morgan fingerprint density at radius 3 is 2.21 bits per heavy atom. The number of carbonyl (C=O) groups excluding carboxylic acids is 4. The average Bonchev–Trinajstić information content (AvgIpc) is 3.37. The zero-order valence-electron chi connectivity index (χ0n) is 26.6. The van der Waals surface area contributed by atoms with Crippen LogP contribution in [-0.2, 0) is 19.1 Å². The third-order valence-corrected chi connectivity index (χ3v) is 10.1. The molecule has 5 aromatic carbocycles. The molecule has 5 aromatic rings. The van der Waals surface area contributed by atoms with E-state index in [1.54, 1.807) is 29.2 Å². The van der Waals surface area contributed by atoms with Gasteiger partial charge in [0.25, 0.3) is 0 Å². The van der Waals surface area contributed by atoms with Gasteiger partial charge in [-0.3, -0.25) is 19.3 Å². The second-order valence-electron chi connectivity index (χ2n) is 12.8. The van der Waals surface area contributed by atoms with Crippen LogP contribution in [-0.4, -0.2) is 35.8 Å². The van der Waals surface area contributed by atoms with Crippen molar-refractivity contribution in [2.24, 2.45) is 17.8 Å². The van der Waals surface area contributed by atoms with Crippen molar-refractivity contribution >= 4 is 62.3 Å². The van der Waals surface area contributed by atoms with Gasteiger partial charge >= 0.3 is 6.09 Å². The van der Waals surface area contributed by atoms with Crippen molar-refractivity contribution in [3.8, 4) is 0 Å². The lowest BCUT2D eigenvalue weighted by atomic mass is 9.67. The summed E-state index contributed by atoms with van der Waals surface area (Å²) in [6.45, 7) is 1.95. The van der Waals surface area contributed by atoms with Gasteiger partial charge < -0.3 is 10.1 Å². The zero-order chi connectivity index (χ0) is 33.1. The molecule has 0 saturated carbocycles. The Morgan fingerprint density at radius 1 is 0.792 bits per heavy atom. The van der Waals surface area contributed by atoms with Crippen LogP contribution in [0.25, 0.3) is 27.1 Å². The first kappa shape index (κ1) is 29.6. The molecule has 8 rings (SSSR count). The van der Waals surface area contributed by atoms with E-state index in [0.717, 1.165) is 32.7 Å². The molecule has 3 aliphatic rings. The molecule has 0 spiro atoms. The summed E-state index contributed by atoms with van der Waals surface area (Å²) in [5.74, 6) is -2.39. The van der Waals surface area contributed by atoms with E-state index in [2.05, 4.69) is 29.6 Å². The summed E-state index contributed by atoms with van der Waals surface area (Å²) in [7, 11) is 1.31. The van der Waals surface area contributed by atoms with Crippen LogP contribution in [0.3, 0.4) is 0 Å². The number of ether oxygens (including phenoxy) is 1.